The minimum atomic E-state index is -0.669. The van der Waals surface area contributed by atoms with Gasteiger partial charge in [0.15, 0.2) is 0 Å². The number of alkyl halides is 1. The average Bonchev–Trinajstić information content (AvgIpc) is 2.69. The Hall–Kier alpha value is -1.10. The fourth-order valence-corrected chi connectivity index (χ4v) is 3.71. The summed E-state index contributed by atoms with van der Waals surface area (Å²) in [6.07, 6.45) is 2.23. The van der Waals surface area contributed by atoms with Crippen LogP contribution in [0.15, 0.2) is 16.6 Å². The van der Waals surface area contributed by atoms with E-state index in [0.29, 0.717) is 37.4 Å². The lowest BCUT2D eigenvalue weighted by Crippen LogP contribution is -2.32. The van der Waals surface area contributed by atoms with Crippen molar-refractivity contribution in [3.05, 3.63) is 27.7 Å². The van der Waals surface area contributed by atoms with Crippen molar-refractivity contribution in [2.24, 2.45) is 5.92 Å². The highest BCUT2D eigenvalue weighted by molar-refractivity contribution is 9.10. The lowest BCUT2D eigenvalue weighted by molar-refractivity contribution is 0.0721. The van der Waals surface area contributed by atoms with Gasteiger partial charge in [0.05, 0.1) is 5.56 Å². The minimum Gasteiger partial charge on any atom is -0.507 e. The molecule has 1 aliphatic heterocycles. The van der Waals surface area contributed by atoms with E-state index < -0.39 is 6.17 Å². The average molecular weight is 342 g/mol. The topological polar surface area (TPSA) is 40.5 Å². The maximum Gasteiger partial charge on any atom is 0.258 e. The second-order valence-electron chi connectivity index (χ2n) is 5.76. The molecule has 0 saturated heterocycles. The Morgan fingerprint density at radius 2 is 2.00 bits per heavy atom. The van der Waals surface area contributed by atoms with E-state index >= 15 is 0 Å². The van der Waals surface area contributed by atoms with Crippen molar-refractivity contribution >= 4 is 21.8 Å². The molecule has 0 aromatic heterocycles. The highest BCUT2D eigenvalue weighted by atomic mass is 79.9. The van der Waals surface area contributed by atoms with Crippen molar-refractivity contribution in [2.45, 2.75) is 38.4 Å². The summed E-state index contributed by atoms with van der Waals surface area (Å²) in [4.78, 5) is 14.1. The van der Waals surface area contributed by atoms with E-state index in [1.165, 1.54) is 0 Å². The summed E-state index contributed by atoms with van der Waals surface area (Å²) in [5, 5.41) is 9.91. The van der Waals surface area contributed by atoms with Gasteiger partial charge in [-0.2, -0.15) is 0 Å². The second kappa shape index (κ2) is 5.35. The first-order valence-electron chi connectivity index (χ1n) is 6.99. The van der Waals surface area contributed by atoms with E-state index in [1.807, 2.05) is 6.07 Å². The van der Waals surface area contributed by atoms with Gasteiger partial charge < -0.3 is 10.0 Å². The van der Waals surface area contributed by atoms with Gasteiger partial charge in [-0.05, 0) is 49.3 Å². The van der Waals surface area contributed by atoms with E-state index in [2.05, 4.69) is 15.9 Å². The third kappa shape index (κ3) is 2.55. The number of amides is 1. The largest absolute Gasteiger partial charge is 0.507 e. The van der Waals surface area contributed by atoms with Crippen molar-refractivity contribution in [2.75, 3.05) is 6.54 Å². The fraction of sp³-hybridized carbons (Fsp3) is 0.533. The molecule has 20 heavy (non-hydrogen) atoms. The number of hydrogen-bond donors (Lipinski definition) is 1. The number of fused-ring (bicyclic) bond motifs is 1. The molecule has 1 N–H and O–H groups in total. The van der Waals surface area contributed by atoms with E-state index in [1.54, 1.807) is 11.0 Å². The van der Waals surface area contributed by atoms with Crippen LogP contribution in [0.3, 0.4) is 0 Å². The summed E-state index contributed by atoms with van der Waals surface area (Å²) in [5.74, 6) is 0.313. The van der Waals surface area contributed by atoms with Gasteiger partial charge in [-0.25, -0.2) is 4.39 Å². The van der Waals surface area contributed by atoms with Crippen molar-refractivity contribution in [3.63, 3.8) is 0 Å². The molecule has 108 valence electrons. The van der Waals surface area contributed by atoms with Crippen LogP contribution in [0.2, 0.25) is 0 Å². The summed E-state index contributed by atoms with van der Waals surface area (Å²) in [6, 6.07) is 3.43. The number of nitrogens with zero attached hydrogens (tertiary/aromatic N) is 1. The zero-order valence-electron chi connectivity index (χ0n) is 11.1. The SMILES string of the molecule is O=C1c2c(O)cc(Br)cc2CN1CC1CCC(F)CC1. The fourth-order valence-electron chi connectivity index (χ4n) is 3.22. The van der Waals surface area contributed by atoms with Crippen LogP contribution in [-0.2, 0) is 6.54 Å². The second-order valence-corrected chi connectivity index (χ2v) is 6.68. The Bertz CT molecular complexity index is 541. The number of hydrogen-bond acceptors (Lipinski definition) is 2. The van der Waals surface area contributed by atoms with Crippen molar-refractivity contribution in [1.82, 2.24) is 4.90 Å². The molecule has 2 aliphatic rings. The van der Waals surface area contributed by atoms with Gasteiger partial charge in [-0.1, -0.05) is 15.9 Å². The Labute approximate surface area is 125 Å². The number of rotatable bonds is 2. The van der Waals surface area contributed by atoms with E-state index in [-0.39, 0.29) is 11.7 Å². The Balaban J connectivity index is 1.72. The van der Waals surface area contributed by atoms with Crippen LogP contribution in [0.1, 0.15) is 41.6 Å². The summed E-state index contributed by atoms with van der Waals surface area (Å²) in [7, 11) is 0. The predicted octanol–water partition coefficient (Wildman–Crippen LogP) is 3.64. The monoisotopic (exact) mass is 341 g/mol. The van der Waals surface area contributed by atoms with E-state index in [9.17, 15) is 14.3 Å². The van der Waals surface area contributed by atoms with Crippen molar-refractivity contribution in [3.8, 4) is 5.75 Å². The standard InChI is InChI=1S/C15H17BrFNO2/c16-11-5-10-8-18(15(20)14(10)13(19)6-11)7-9-1-3-12(17)4-2-9/h5-6,9,12,19H,1-4,7-8H2. The molecule has 0 unspecified atom stereocenters. The Morgan fingerprint density at radius 1 is 1.30 bits per heavy atom. The van der Waals surface area contributed by atoms with Gasteiger partial charge in [0, 0.05) is 17.6 Å². The summed E-state index contributed by atoms with van der Waals surface area (Å²) >= 11 is 3.33. The molecule has 1 aromatic rings. The highest BCUT2D eigenvalue weighted by Gasteiger charge is 2.33. The Morgan fingerprint density at radius 3 is 2.70 bits per heavy atom. The first-order valence-corrected chi connectivity index (χ1v) is 7.78. The lowest BCUT2D eigenvalue weighted by atomic mass is 9.88. The molecule has 1 fully saturated rings. The maximum absolute atomic E-state index is 13.1. The number of carbonyl (C=O) groups is 1. The lowest BCUT2D eigenvalue weighted by Gasteiger charge is -2.28. The molecule has 5 heteroatoms. The molecule has 1 saturated carbocycles. The van der Waals surface area contributed by atoms with Crippen LogP contribution >= 0.6 is 15.9 Å². The van der Waals surface area contributed by atoms with Crippen molar-refractivity contribution < 1.29 is 14.3 Å². The summed E-state index contributed by atoms with van der Waals surface area (Å²) in [5.41, 5.74) is 1.29. The van der Waals surface area contributed by atoms with Crippen LogP contribution in [0, 0.1) is 5.92 Å². The molecule has 3 nitrogen and oxygen atoms in total. The molecule has 1 amide bonds. The van der Waals surface area contributed by atoms with Crippen LogP contribution in [0.4, 0.5) is 4.39 Å². The van der Waals surface area contributed by atoms with Crippen LogP contribution in [0.5, 0.6) is 5.75 Å². The number of phenolic OH excluding ortho intramolecular Hbond substituents is 1. The molecule has 0 spiro atoms. The summed E-state index contributed by atoms with van der Waals surface area (Å²) < 4.78 is 13.9. The van der Waals surface area contributed by atoms with Gasteiger partial charge >= 0.3 is 0 Å². The molecule has 0 bridgehead atoms. The van der Waals surface area contributed by atoms with E-state index in [0.717, 1.165) is 22.9 Å². The van der Waals surface area contributed by atoms with E-state index in [4.69, 9.17) is 0 Å². The minimum absolute atomic E-state index is 0.0364. The molecular weight excluding hydrogens is 325 g/mol. The number of phenols is 1. The normalized spacial score (nSPS) is 25.9. The number of aromatic hydroxyl groups is 1. The molecule has 3 rings (SSSR count). The third-order valence-corrected chi connectivity index (χ3v) is 4.74. The zero-order chi connectivity index (χ0) is 14.3. The Kier molecular flexibility index (Phi) is 3.71. The van der Waals surface area contributed by atoms with Gasteiger partial charge in [-0.3, -0.25) is 4.79 Å². The number of halogens is 2. The maximum atomic E-state index is 13.1. The van der Waals surface area contributed by atoms with Gasteiger partial charge in [-0.15, -0.1) is 0 Å². The van der Waals surface area contributed by atoms with Crippen LogP contribution in [-0.4, -0.2) is 28.6 Å². The van der Waals surface area contributed by atoms with Gasteiger partial charge in [0.25, 0.3) is 5.91 Å². The molecule has 0 radical (unpaired) electrons. The molecule has 1 aromatic carbocycles. The smallest absolute Gasteiger partial charge is 0.258 e. The first kappa shape index (κ1) is 13.9. The molecule has 1 heterocycles. The quantitative estimate of drug-likeness (QED) is 0.892. The number of benzene rings is 1. The molecule has 1 aliphatic carbocycles. The van der Waals surface area contributed by atoms with Crippen LogP contribution < -0.4 is 0 Å². The third-order valence-electron chi connectivity index (χ3n) is 4.28. The number of carbonyl (C=O) groups excluding carboxylic acids is 1. The zero-order valence-corrected chi connectivity index (χ0v) is 12.7. The molecule has 0 atom stereocenters. The predicted molar refractivity (Wildman–Crippen MR) is 77.4 cm³/mol. The summed E-state index contributed by atoms with van der Waals surface area (Å²) in [6.45, 7) is 1.20. The van der Waals surface area contributed by atoms with Gasteiger partial charge in [0.2, 0.25) is 0 Å². The molecular formula is C15H17BrFNO2. The highest BCUT2D eigenvalue weighted by Crippen LogP contribution is 2.35. The first-order chi connectivity index (χ1) is 9.54. The van der Waals surface area contributed by atoms with Gasteiger partial charge in [0.1, 0.15) is 11.9 Å². The van der Waals surface area contributed by atoms with Crippen molar-refractivity contribution in [1.29, 1.82) is 0 Å². The van der Waals surface area contributed by atoms with Crippen LogP contribution in [0.25, 0.3) is 0 Å².